The van der Waals surface area contributed by atoms with Crippen LogP contribution in [0.1, 0.15) is 28.0 Å². The van der Waals surface area contributed by atoms with Crippen molar-refractivity contribution in [3.8, 4) is 5.75 Å². The zero-order valence-electron chi connectivity index (χ0n) is 10.6. The molecule has 0 fully saturated rings. The van der Waals surface area contributed by atoms with Crippen LogP contribution in [0.25, 0.3) is 0 Å². The summed E-state index contributed by atoms with van der Waals surface area (Å²) in [4.78, 5) is 0. The highest BCUT2D eigenvalue weighted by atomic mass is 35.5. The summed E-state index contributed by atoms with van der Waals surface area (Å²) in [5.74, 6) is 0.406. The van der Waals surface area contributed by atoms with Crippen molar-refractivity contribution in [2.75, 3.05) is 7.11 Å². The smallest absolute Gasteiger partial charge is 0.131 e. The SMILES string of the molecule is COc1ccc(C(Cl)C2Cc3ccccc32)c(F)c1. The summed E-state index contributed by atoms with van der Waals surface area (Å²) in [7, 11) is 1.52. The van der Waals surface area contributed by atoms with Gasteiger partial charge in [0.25, 0.3) is 0 Å². The number of halogens is 2. The summed E-state index contributed by atoms with van der Waals surface area (Å²) < 4.78 is 19.0. The molecule has 1 nitrogen and oxygen atoms in total. The second kappa shape index (κ2) is 4.86. The largest absolute Gasteiger partial charge is 0.497 e. The van der Waals surface area contributed by atoms with Crippen LogP contribution >= 0.6 is 11.6 Å². The van der Waals surface area contributed by atoms with Crippen LogP contribution in [0.15, 0.2) is 42.5 Å². The molecule has 0 heterocycles. The van der Waals surface area contributed by atoms with Crippen molar-refractivity contribution in [1.82, 2.24) is 0 Å². The molecule has 0 aromatic heterocycles. The second-order valence-electron chi connectivity index (χ2n) is 4.80. The Morgan fingerprint density at radius 2 is 2.05 bits per heavy atom. The fourth-order valence-electron chi connectivity index (χ4n) is 2.63. The number of alkyl halides is 1. The molecular formula is C16H14ClFO. The first-order chi connectivity index (χ1) is 9.20. The van der Waals surface area contributed by atoms with E-state index in [1.54, 1.807) is 12.1 Å². The highest BCUT2D eigenvalue weighted by Gasteiger charge is 2.33. The predicted molar refractivity (Wildman–Crippen MR) is 74.4 cm³/mol. The lowest BCUT2D eigenvalue weighted by Crippen LogP contribution is -2.21. The molecule has 2 unspecified atom stereocenters. The van der Waals surface area contributed by atoms with Crippen LogP contribution < -0.4 is 4.74 Å². The van der Waals surface area contributed by atoms with Gasteiger partial charge in [-0.15, -0.1) is 11.6 Å². The van der Waals surface area contributed by atoms with E-state index in [4.69, 9.17) is 16.3 Å². The zero-order valence-corrected chi connectivity index (χ0v) is 11.3. The van der Waals surface area contributed by atoms with Crippen molar-refractivity contribution in [2.45, 2.75) is 17.7 Å². The molecular weight excluding hydrogens is 263 g/mol. The minimum Gasteiger partial charge on any atom is -0.497 e. The molecule has 0 saturated carbocycles. The fraction of sp³-hybridized carbons (Fsp3) is 0.250. The third-order valence-corrected chi connectivity index (χ3v) is 4.29. The molecule has 0 saturated heterocycles. The van der Waals surface area contributed by atoms with Crippen LogP contribution in [-0.2, 0) is 6.42 Å². The van der Waals surface area contributed by atoms with E-state index in [1.807, 2.05) is 12.1 Å². The number of ether oxygens (including phenoxy) is 1. The number of hydrogen-bond donors (Lipinski definition) is 0. The molecule has 0 bridgehead atoms. The predicted octanol–water partition coefficient (Wildman–Crippen LogP) is 4.45. The van der Waals surface area contributed by atoms with Gasteiger partial charge < -0.3 is 4.74 Å². The van der Waals surface area contributed by atoms with Gasteiger partial charge in [0.05, 0.1) is 12.5 Å². The van der Waals surface area contributed by atoms with Crippen LogP contribution in [0.3, 0.4) is 0 Å². The van der Waals surface area contributed by atoms with Gasteiger partial charge in [-0.05, 0) is 23.6 Å². The highest BCUT2D eigenvalue weighted by Crippen LogP contribution is 2.47. The lowest BCUT2D eigenvalue weighted by atomic mass is 9.74. The van der Waals surface area contributed by atoms with E-state index in [9.17, 15) is 4.39 Å². The summed E-state index contributed by atoms with van der Waals surface area (Å²) in [6.07, 6.45) is 0.913. The molecule has 2 aromatic carbocycles. The van der Waals surface area contributed by atoms with E-state index >= 15 is 0 Å². The Morgan fingerprint density at radius 3 is 2.74 bits per heavy atom. The van der Waals surface area contributed by atoms with E-state index in [1.165, 1.54) is 24.3 Å². The average Bonchev–Trinajstić information content (AvgIpc) is 2.39. The summed E-state index contributed by atoms with van der Waals surface area (Å²) in [6.45, 7) is 0. The minimum absolute atomic E-state index is 0.195. The van der Waals surface area contributed by atoms with Gasteiger partial charge in [-0.3, -0.25) is 0 Å². The highest BCUT2D eigenvalue weighted by molar-refractivity contribution is 6.21. The van der Waals surface area contributed by atoms with Crippen molar-refractivity contribution < 1.29 is 9.13 Å². The average molecular weight is 277 g/mol. The summed E-state index contributed by atoms with van der Waals surface area (Å²) in [5, 5.41) is -0.333. The summed E-state index contributed by atoms with van der Waals surface area (Å²) in [5.41, 5.74) is 3.09. The molecule has 2 aromatic rings. The molecule has 3 rings (SSSR count). The monoisotopic (exact) mass is 276 g/mol. The van der Waals surface area contributed by atoms with Gasteiger partial charge in [0.1, 0.15) is 11.6 Å². The Labute approximate surface area is 117 Å². The van der Waals surface area contributed by atoms with Crippen molar-refractivity contribution in [3.05, 3.63) is 65.0 Å². The first-order valence-corrected chi connectivity index (χ1v) is 6.69. The summed E-state index contributed by atoms with van der Waals surface area (Å²) >= 11 is 6.46. The van der Waals surface area contributed by atoms with Crippen LogP contribution in [0.5, 0.6) is 5.75 Å². The van der Waals surface area contributed by atoms with E-state index in [-0.39, 0.29) is 17.1 Å². The number of rotatable bonds is 3. The van der Waals surface area contributed by atoms with E-state index in [2.05, 4.69) is 12.1 Å². The molecule has 3 heteroatoms. The summed E-state index contributed by atoms with van der Waals surface area (Å²) in [6, 6.07) is 13.0. The molecule has 98 valence electrons. The Bertz CT molecular complexity index is 611. The third-order valence-electron chi connectivity index (χ3n) is 3.75. The lowest BCUT2D eigenvalue weighted by molar-refractivity contribution is 0.410. The zero-order chi connectivity index (χ0) is 13.4. The van der Waals surface area contributed by atoms with Crippen LogP contribution in [-0.4, -0.2) is 7.11 Å². The lowest BCUT2D eigenvalue weighted by Gasteiger charge is -2.33. The number of methoxy groups -OCH3 is 1. The second-order valence-corrected chi connectivity index (χ2v) is 5.27. The van der Waals surface area contributed by atoms with E-state index < -0.39 is 0 Å². The standard InChI is InChI=1S/C16H14ClFO/c1-19-11-6-7-13(15(18)9-11)16(17)14-8-10-4-2-3-5-12(10)14/h2-7,9,14,16H,8H2,1H3. The van der Waals surface area contributed by atoms with Crippen LogP contribution in [0.2, 0.25) is 0 Å². The number of benzene rings is 2. The maximum Gasteiger partial charge on any atom is 0.131 e. The third kappa shape index (κ3) is 2.10. The van der Waals surface area contributed by atoms with Crippen LogP contribution in [0.4, 0.5) is 4.39 Å². The van der Waals surface area contributed by atoms with Crippen LogP contribution in [0, 0.1) is 5.82 Å². The Balaban J connectivity index is 1.88. The van der Waals surface area contributed by atoms with Gasteiger partial charge in [0.2, 0.25) is 0 Å². The molecule has 19 heavy (non-hydrogen) atoms. The Kier molecular flexibility index (Phi) is 3.19. The van der Waals surface area contributed by atoms with Crippen molar-refractivity contribution in [1.29, 1.82) is 0 Å². The Morgan fingerprint density at radius 1 is 1.26 bits per heavy atom. The van der Waals surface area contributed by atoms with Gasteiger partial charge in [-0.25, -0.2) is 4.39 Å². The molecule has 1 aliphatic rings. The number of fused-ring (bicyclic) bond motifs is 1. The molecule has 0 radical (unpaired) electrons. The fourth-order valence-corrected chi connectivity index (χ4v) is 3.04. The molecule has 0 N–H and O–H groups in total. The quantitative estimate of drug-likeness (QED) is 0.753. The maximum absolute atomic E-state index is 14.0. The van der Waals surface area contributed by atoms with Crippen molar-refractivity contribution in [2.24, 2.45) is 0 Å². The van der Waals surface area contributed by atoms with E-state index in [0.717, 1.165) is 6.42 Å². The molecule has 1 aliphatic carbocycles. The molecule has 0 amide bonds. The van der Waals surface area contributed by atoms with Gasteiger partial charge in [-0.1, -0.05) is 30.3 Å². The molecule has 0 aliphatic heterocycles. The Hall–Kier alpha value is -1.54. The van der Waals surface area contributed by atoms with E-state index in [0.29, 0.717) is 11.3 Å². The van der Waals surface area contributed by atoms with Crippen molar-refractivity contribution in [3.63, 3.8) is 0 Å². The molecule has 0 spiro atoms. The van der Waals surface area contributed by atoms with Gasteiger partial charge in [0, 0.05) is 17.5 Å². The minimum atomic E-state index is -0.333. The first kappa shape index (κ1) is 12.5. The van der Waals surface area contributed by atoms with Crippen molar-refractivity contribution >= 4 is 11.6 Å². The normalized spacial score (nSPS) is 18.4. The first-order valence-electron chi connectivity index (χ1n) is 6.26. The van der Waals surface area contributed by atoms with Gasteiger partial charge in [-0.2, -0.15) is 0 Å². The number of hydrogen-bond acceptors (Lipinski definition) is 1. The topological polar surface area (TPSA) is 9.23 Å². The van der Waals surface area contributed by atoms with Gasteiger partial charge in [0.15, 0.2) is 0 Å². The molecule has 2 atom stereocenters. The maximum atomic E-state index is 14.0. The van der Waals surface area contributed by atoms with Gasteiger partial charge >= 0.3 is 0 Å².